The van der Waals surface area contributed by atoms with Gasteiger partial charge in [0, 0.05) is 6.54 Å². The molecule has 0 heterocycles. The molecule has 0 saturated heterocycles. The first-order chi connectivity index (χ1) is 7.53. The molecule has 0 fully saturated rings. The molecular weight excluding hydrogens is 222 g/mol. The van der Waals surface area contributed by atoms with Crippen LogP contribution in [0.5, 0.6) is 0 Å². The van der Waals surface area contributed by atoms with Crippen molar-refractivity contribution in [1.29, 1.82) is 0 Å². The zero-order chi connectivity index (χ0) is 12.0. The maximum atomic E-state index is 11.4. The van der Waals surface area contributed by atoms with Crippen LogP contribution in [0, 0.1) is 6.92 Å². The lowest BCUT2D eigenvalue weighted by Crippen LogP contribution is -2.28. The van der Waals surface area contributed by atoms with E-state index in [1.807, 2.05) is 38.1 Å². The molecule has 90 valence electrons. The van der Waals surface area contributed by atoms with Crippen LogP contribution in [0.4, 0.5) is 0 Å². The lowest BCUT2D eigenvalue weighted by molar-refractivity contribution is 0.580. The van der Waals surface area contributed by atoms with Gasteiger partial charge in [-0.2, -0.15) is 0 Å². The maximum absolute atomic E-state index is 11.4. The average molecular weight is 241 g/mol. The highest BCUT2D eigenvalue weighted by atomic mass is 32.2. The third kappa shape index (κ3) is 4.77. The van der Waals surface area contributed by atoms with Crippen LogP contribution in [0.25, 0.3) is 0 Å². The van der Waals surface area contributed by atoms with Crippen molar-refractivity contribution in [1.82, 2.24) is 4.72 Å². The molecule has 3 nitrogen and oxygen atoms in total. The largest absolute Gasteiger partial charge is 0.215 e. The Kier molecular flexibility index (Phi) is 4.96. The van der Waals surface area contributed by atoms with E-state index >= 15 is 0 Å². The highest BCUT2D eigenvalue weighted by molar-refractivity contribution is 7.89. The molecule has 0 amide bonds. The molecule has 0 aliphatic carbocycles. The van der Waals surface area contributed by atoms with E-state index in [0.717, 1.165) is 12.0 Å². The Labute approximate surface area is 97.9 Å². The van der Waals surface area contributed by atoms with Crippen LogP contribution in [0.2, 0.25) is 0 Å². The first-order valence-electron chi connectivity index (χ1n) is 5.56. The second-order valence-corrected chi connectivity index (χ2v) is 5.88. The van der Waals surface area contributed by atoms with Crippen LogP contribution >= 0.6 is 0 Å². The summed E-state index contributed by atoms with van der Waals surface area (Å²) in [6, 6.07) is 8.14. The summed E-state index contributed by atoms with van der Waals surface area (Å²) in [4.78, 5) is 0. The molecule has 0 unspecified atom stereocenters. The van der Waals surface area contributed by atoms with Gasteiger partial charge in [0.2, 0.25) is 10.0 Å². The summed E-state index contributed by atoms with van der Waals surface area (Å²) in [5, 5.41) is 0. The minimum atomic E-state index is -3.06. The zero-order valence-corrected chi connectivity index (χ0v) is 10.7. The van der Waals surface area contributed by atoms with Gasteiger partial charge in [-0.1, -0.05) is 36.8 Å². The Balaban J connectivity index is 2.39. The second kappa shape index (κ2) is 6.01. The van der Waals surface area contributed by atoms with Crippen LogP contribution in [0.15, 0.2) is 24.3 Å². The number of nitrogens with one attached hydrogen (secondary N) is 1. The van der Waals surface area contributed by atoms with Crippen molar-refractivity contribution in [3.63, 3.8) is 0 Å². The molecule has 16 heavy (non-hydrogen) atoms. The molecule has 0 aliphatic heterocycles. The van der Waals surface area contributed by atoms with Crippen molar-refractivity contribution in [3.8, 4) is 0 Å². The van der Waals surface area contributed by atoms with Gasteiger partial charge >= 0.3 is 0 Å². The van der Waals surface area contributed by atoms with E-state index in [4.69, 9.17) is 0 Å². The number of hydrogen-bond donors (Lipinski definition) is 1. The molecule has 1 rings (SSSR count). The molecule has 1 N–H and O–H groups in total. The molecule has 0 aromatic heterocycles. The van der Waals surface area contributed by atoms with E-state index < -0.39 is 10.0 Å². The number of sulfonamides is 1. The van der Waals surface area contributed by atoms with Crippen LogP contribution in [0.3, 0.4) is 0 Å². The standard InChI is InChI=1S/C12H19NO2S/c1-3-10-16(14,15)13-9-8-12-6-4-11(2)5-7-12/h4-7,13H,3,8-10H2,1-2H3. The molecule has 1 aromatic carbocycles. The van der Waals surface area contributed by atoms with Gasteiger partial charge in [0.1, 0.15) is 0 Å². The Morgan fingerprint density at radius 1 is 1.19 bits per heavy atom. The van der Waals surface area contributed by atoms with Crippen LogP contribution in [0.1, 0.15) is 24.5 Å². The van der Waals surface area contributed by atoms with E-state index in [0.29, 0.717) is 13.0 Å². The third-order valence-electron chi connectivity index (χ3n) is 2.33. The minimum Gasteiger partial charge on any atom is -0.215 e. The lowest BCUT2D eigenvalue weighted by atomic mass is 10.1. The number of aryl methyl sites for hydroxylation is 1. The van der Waals surface area contributed by atoms with Gasteiger partial charge in [0.25, 0.3) is 0 Å². The predicted octanol–water partition coefficient (Wildman–Crippen LogP) is 1.87. The first kappa shape index (κ1) is 13.2. The molecule has 0 atom stereocenters. The molecule has 0 aliphatic rings. The van der Waals surface area contributed by atoms with Crippen molar-refractivity contribution < 1.29 is 8.42 Å². The summed E-state index contributed by atoms with van der Waals surface area (Å²) in [6.07, 6.45) is 1.39. The number of hydrogen-bond acceptors (Lipinski definition) is 2. The third-order valence-corrected chi connectivity index (χ3v) is 3.92. The normalized spacial score (nSPS) is 11.6. The first-order valence-corrected chi connectivity index (χ1v) is 7.21. The quantitative estimate of drug-likeness (QED) is 0.826. The van der Waals surface area contributed by atoms with E-state index in [1.54, 1.807) is 0 Å². The van der Waals surface area contributed by atoms with Gasteiger partial charge in [-0.05, 0) is 25.3 Å². The fourth-order valence-electron chi connectivity index (χ4n) is 1.45. The smallest absolute Gasteiger partial charge is 0.211 e. The molecule has 0 bridgehead atoms. The van der Waals surface area contributed by atoms with E-state index in [-0.39, 0.29) is 5.75 Å². The van der Waals surface area contributed by atoms with Gasteiger partial charge in [0.05, 0.1) is 5.75 Å². The fourth-order valence-corrected chi connectivity index (χ4v) is 2.54. The van der Waals surface area contributed by atoms with Crippen LogP contribution in [-0.4, -0.2) is 20.7 Å². The minimum absolute atomic E-state index is 0.209. The Bertz CT molecular complexity index is 409. The second-order valence-electron chi connectivity index (χ2n) is 3.95. The Morgan fingerprint density at radius 3 is 2.38 bits per heavy atom. The summed E-state index contributed by atoms with van der Waals surface area (Å²) in [5.41, 5.74) is 2.38. The summed E-state index contributed by atoms with van der Waals surface area (Å²) in [6.45, 7) is 4.37. The SMILES string of the molecule is CCCS(=O)(=O)NCCc1ccc(C)cc1. The lowest BCUT2D eigenvalue weighted by Gasteiger charge is -2.05. The monoisotopic (exact) mass is 241 g/mol. The molecule has 0 saturated carbocycles. The molecule has 0 radical (unpaired) electrons. The molecule has 4 heteroatoms. The predicted molar refractivity (Wildman–Crippen MR) is 67.0 cm³/mol. The highest BCUT2D eigenvalue weighted by Gasteiger charge is 2.06. The highest BCUT2D eigenvalue weighted by Crippen LogP contribution is 2.03. The molecular formula is C12H19NO2S. The van der Waals surface area contributed by atoms with Gasteiger partial charge in [0.15, 0.2) is 0 Å². The van der Waals surface area contributed by atoms with Gasteiger partial charge < -0.3 is 0 Å². The van der Waals surface area contributed by atoms with Crippen LogP contribution in [-0.2, 0) is 16.4 Å². The maximum Gasteiger partial charge on any atom is 0.211 e. The van der Waals surface area contributed by atoms with Crippen molar-refractivity contribution in [2.45, 2.75) is 26.7 Å². The molecule has 1 aromatic rings. The van der Waals surface area contributed by atoms with Crippen molar-refractivity contribution >= 4 is 10.0 Å². The topological polar surface area (TPSA) is 46.2 Å². The van der Waals surface area contributed by atoms with E-state index in [9.17, 15) is 8.42 Å². The van der Waals surface area contributed by atoms with Gasteiger partial charge in [-0.3, -0.25) is 0 Å². The summed E-state index contributed by atoms with van der Waals surface area (Å²) in [7, 11) is -3.06. The number of benzene rings is 1. The van der Waals surface area contributed by atoms with Crippen molar-refractivity contribution in [3.05, 3.63) is 35.4 Å². The van der Waals surface area contributed by atoms with E-state index in [1.165, 1.54) is 5.56 Å². The van der Waals surface area contributed by atoms with Crippen LogP contribution < -0.4 is 4.72 Å². The Morgan fingerprint density at radius 2 is 1.81 bits per heavy atom. The summed E-state index contributed by atoms with van der Waals surface area (Å²) < 4.78 is 25.3. The van der Waals surface area contributed by atoms with Gasteiger partial charge in [-0.25, -0.2) is 13.1 Å². The molecule has 0 spiro atoms. The summed E-state index contributed by atoms with van der Waals surface area (Å²) in [5.74, 6) is 0.209. The summed E-state index contributed by atoms with van der Waals surface area (Å²) >= 11 is 0. The number of rotatable bonds is 6. The van der Waals surface area contributed by atoms with E-state index in [2.05, 4.69) is 4.72 Å². The average Bonchev–Trinajstić information content (AvgIpc) is 2.20. The van der Waals surface area contributed by atoms with Crippen molar-refractivity contribution in [2.75, 3.05) is 12.3 Å². The fraction of sp³-hybridized carbons (Fsp3) is 0.500. The van der Waals surface area contributed by atoms with Crippen molar-refractivity contribution in [2.24, 2.45) is 0 Å². The Hall–Kier alpha value is -0.870. The zero-order valence-electron chi connectivity index (χ0n) is 9.86. The van der Waals surface area contributed by atoms with Gasteiger partial charge in [-0.15, -0.1) is 0 Å².